The highest BCUT2D eigenvalue weighted by atomic mass is 16.5. The smallest absolute Gasteiger partial charge is 0.261 e. The number of fused-ring (bicyclic) bond motifs is 2. The van der Waals surface area contributed by atoms with E-state index in [1.54, 1.807) is 18.2 Å². The molecule has 4 aromatic rings. The van der Waals surface area contributed by atoms with Gasteiger partial charge in [0.2, 0.25) is 0 Å². The lowest BCUT2D eigenvalue weighted by Gasteiger charge is -2.33. The molecule has 1 fully saturated rings. The maximum absolute atomic E-state index is 13.3. The van der Waals surface area contributed by atoms with Crippen LogP contribution in [0.5, 0.6) is 5.75 Å². The summed E-state index contributed by atoms with van der Waals surface area (Å²) in [4.78, 5) is 53.5. The second kappa shape index (κ2) is 10.8. The number of hydrogen-bond donors (Lipinski definition) is 4. The van der Waals surface area contributed by atoms with E-state index in [4.69, 9.17) is 4.74 Å². The van der Waals surface area contributed by atoms with Gasteiger partial charge in [0.1, 0.15) is 29.8 Å². The average molecular weight is 557 g/mol. The number of nitrogens with one attached hydrogen (secondary N) is 3. The summed E-state index contributed by atoms with van der Waals surface area (Å²) in [6, 6.07) is 12.4. The largest absolute Gasteiger partial charge is 0.491 e. The van der Waals surface area contributed by atoms with Crippen molar-refractivity contribution in [3.8, 4) is 17.1 Å². The molecule has 4 heterocycles. The van der Waals surface area contributed by atoms with Crippen molar-refractivity contribution < 1.29 is 19.4 Å². The van der Waals surface area contributed by atoms with Gasteiger partial charge < -0.3 is 30.0 Å². The van der Waals surface area contributed by atoms with Crippen molar-refractivity contribution in [2.75, 3.05) is 38.6 Å². The van der Waals surface area contributed by atoms with Gasteiger partial charge in [-0.1, -0.05) is 18.2 Å². The van der Waals surface area contributed by atoms with Crippen molar-refractivity contribution in [3.63, 3.8) is 0 Å². The number of aryl methyl sites for hydroxylation is 1. The molecule has 0 saturated carbocycles. The highest BCUT2D eigenvalue weighted by molar-refractivity contribution is 6.23. The fourth-order valence-electron chi connectivity index (χ4n) is 5.52. The van der Waals surface area contributed by atoms with Crippen LogP contribution >= 0.6 is 0 Å². The Labute approximate surface area is 236 Å². The molecule has 0 spiro atoms. The van der Waals surface area contributed by atoms with Crippen LogP contribution < -0.4 is 15.6 Å². The van der Waals surface area contributed by atoms with E-state index >= 15 is 0 Å². The number of benzene rings is 2. The number of aromatic amines is 2. The van der Waals surface area contributed by atoms with Crippen molar-refractivity contribution in [1.29, 1.82) is 0 Å². The summed E-state index contributed by atoms with van der Waals surface area (Å²) in [7, 11) is 2.03. The van der Waals surface area contributed by atoms with Crippen LogP contribution in [0.1, 0.15) is 39.1 Å². The number of carbonyl (C=O) groups is 2. The van der Waals surface area contributed by atoms with Crippen molar-refractivity contribution in [2.45, 2.75) is 31.9 Å². The number of imide groups is 1. The van der Waals surface area contributed by atoms with E-state index in [1.165, 1.54) is 11.1 Å². The quantitative estimate of drug-likeness (QED) is 0.243. The third kappa shape index (κ3) is 5.09. The van der Waals surface area contributed by atoms with E-state index in [1.807, 2.05) is 38.2 Å². The Balaban J connectivity index is 1.21. The summed E-state index contributed by atoms with van der Waals surface area (Å²) in [5, 5.41) is 13.6. The number of piperidine rings is 1. The lowest BCUT2D eigenvalue weighted by atomic mass is 10.0. The highest BCUT2D eigenvalue weighted by Gasteiger charge is 2.41. The van der Waals surface area contributed by atoms with Crippen molar-refractivity contribution in [1.82, 2.24) is 24.8 Å². The zero-order valence-electron chi connectivity index (χ0n) is 22.9. The van der Waals surface area contributed by atoms with Gasteiger partial charge in [-0.25, -0.2) is 4.98 Å². The molecular weight excluding hydrogens is 524 g/mol. The minimum atomic E-state index is -0.843. The fraction of sp³-hybridized carbons (Fsp3) is 0.333. The van der Waals surface area contributed by atoms with Gasteiger partial charge in [-0.15, -0.1) is 0 Å². The first-order chi connectivity index (χ1) is 19.8. The zero-order valence-corrected chi connectivity index (χ0v) is 22.9. The molecule has 2 aromatic carbocycles. The molecule has 2 aliphatic heterocycles. The molecule has 2 aliphatic rings. The van der Waals surface area contributed by atoms with E-state index in [2.05, 4.69) is 25.2 Å². The topological polar surface area (TPSA) is 144 Å². The Morgan fingerprint density at radius 3 is 2.59 bits per heavy atom. The Kier molecular flexibility index (Phi) is 7.06. The number of aliphatic hydroxyl groups is 1. The van der Waals surface area contributed by atoms with Crippen LogP contribution in [-0.2, 0) is 0 Å². The number of carbonyl (C=O) groups excluding carboxylic acids is 2. The third-order valence-electron chi connectivity index (χ3n) is 7.82. The van der Waals surface area contributed by atoms with Gasteiger partial charge in [0, 0.05) is 18.8 Å². The lowest BCUT2D eigenvalue weighted by Crippen LogP contribution is -2.46. The van der Waals surface area contributed by atoms with Crippen LogP contribution in [0.2, 0.25) is 0 Å². The number of pyridine rings is 1. The number of para-hydroxylation sites is 1. The van der Waals surface area contributed by atoms with Crippen LogP contribution in [-0.4, -0.2) is 87.1 Å². The van der Waals surface area contributed by atoms with E-state index in [0.29, 0.717) is 33.6 Å². The Morgan fingerprint density at radius 1 is 1.10 bits per heavy atom. The maximum atomic E-state index is 13.3. The van der Waals surface area contributed by atoms with Gasteiger partial charge in [0.05, 0.1) is 27.8 Å². The Hall–Kier alpha value is -4.48. The second-order valence-corrected chi connectivity index (χ2v) is 10.7. The predicted molar refractivity (Wildman–Crippen MR) is 154 cm³/mol. The number of nitrogens with zero attached hydrogens (tertiary/aromatic N) is 3. The molecule has 41 heavy (non-hydrogen) atoms. The first kappa shape index (κ1) is 26.7. The molecule has 0 radical (unpaired) electrons. The summed E-state index contributed by atoms with van der Waals surface area (Å²) < 4.78 is 5.74. The summed E-state index contributed by atoms with van der Waals surface area (Å²) in [6.45, 7) is 3.81. The van der Waals surface area contributed by atoms with Gasteiger partial charge in [-0.3, -0.25) is 19.3 Å². The number of imidazole rings is 1. The minimum absolute atomic E-state index is 0.0726. The zero-order chi connectivity index (χ0) is 28.7. The number of aliphatic hydroxyl groups excluding tert-OH is 1. The molecule has 0 bridgehead atoms. The first-order valence-electron chi connectivity index (χ1n) is 13.7. The monoisotopic (exact) mass is 556 g/mol. The molecule has 1 saturated heterocycles. The van der Waals surface area contributed by atoms with Crippen molar-refractivity contribution in [2.24, 2.45) is 0 Å². The van der Waals surface area contributed by atoms with Crippen LogP contribution in [0, 0.1) is 6.92 Å². The number of amides is 2. The molecule has 11 heteroatoms. The molecular formula is C30H32N6O5. The first-order valence-corrected chi connectivity index (χ1v) is 13.7. The molecule has 4 N–H and O–H groups in total. The summed E-state index contributed by atoms with van der Waals surface area (Å²) >= 11 is 0. The predicted octanol–water partition coefficient (Wildman–Crippen LogP) is 2.77. The van der Waals surface area contributed by atoms with Crippen molar-refractivity contribution >= 4 is 28.5 Å². The van der Waals surface area contributed by atoms with Gasteiger partial charge in [0.15, 0.2) is 0 Å². The van der Waals surface area contributed by atoms with E-state index in [0.717, 1.165) is 31.5 Å². The SMILES string of the molecule is Cc1ccccc1OCC(O)CNc1cc[nH]c(=O)c1-c1nc2cc3c(cc2[nH]1)C(=O)N(C1CCN(C)CC1)C3=O. The van der Waals surface area contributed by atoms with Crippen LogP contribution in [0.3, 0.4) is 0 Å². The van der Waals surface area contributed by atoms with Crippen LogP contribution in [0.25, 0.3) is 22.4 Å². The number of likely N-dealkylation sites (tertiary alicyclic amines) is 1. The van der Waals surface area contributed by atoms with Crippen LogP contribution in [0.4, 0.5) is 5.69 Å². The standard InChI is InChI=1S/C30H32N6O5/c1-17-5-3-4-6-25(17)41-16-19(37)15-32-22-7-10-31-28(38)26(22)27-33-23-13-20-21(14-24(23)34-27)30(40)36(29(20)39)18-8-11-35(2)12-9-18/h3-7,10,13-14,18-19,37H,8-9,11-12,15-16H2,1-2H3,(H,33,34)(H2,31,32,38). The highest BCUT2D eigenvalue weighted by Crippen LogP contribution is 2.32. The minimum Gasteiger partial charge on any atom is -0.491 e. The summed E-state index contributed by atoms with van der Waals surface area (Å²) in [5.74, 6) is 0.391. The average Bonchev–Trinajstić information content (AvgIpc) is 3.48. The number of hydrogen-bond acceptors (Lipinski definition) is 8. The lowest BCUT2D eigenvalue weighted by molar-refractivity contribution is 0.0516. The van der Waals surface area contributed by atoms with Crippen molar-refractivity contribution in [3.05, 3.63) is 75.7 Å². The van der Waals surface area contributed by atoms with E-state index in [9.17, 15) is 19.5 Å². The Morgan fingerprint density at radius 2 is 1.83 bits per heavy atom. The maximum Gasteiger partial charge on any atom is 0.261 e. The molecule has 6 rings (SSSR count). The number of anilines is 1. The summed E-state index contributed by atoms with van der Waals surface area (Å²) in [5.41, 5.74) is 3.01. The number of H-pyrrole nitrogens is 2. The fourth-order valence-corrected chi connectivity index (χ4v) is 5.52. The molecule has 1 unspecified atom stereocenters. The molecule has 212 valence electrons. The van der Waals surface area contributed by atoms with Gasteiger partial charge in [0.25, 0.3) is 17.4 Å². The Bertz CT molecular complexity index is 1630. The number of aromatic nitrogens is 3. The molecule has 2 amide bonds. The van der Waals surface area contributed by atoms with E-state index in [-0.39, 0.29) is 48.0 Å². The van der Waals surface area contributed by atoms with Gasteiger partial charge in [-0.2, -0.15) is 0 Å². The third-order valence-corrected chi connectivity index (χ3v) is 7.82. The van der Waals surface area contributed by atoms with Gasteiger partial charge >= 0.3 is 0 Å². The van der Waals surface area contributed by atoms with Crippen LogP contribution in [0.15, 0.2) is 53.5 Å². The second-order valence-electron chi connectivity index (χ2n) is 10.7. The molecule has 2 aromatic heterocycles. The normalized spacial score (nSPS) is 16.8. The molecule has 0 aliphatic carbocycles. The van der Waals surface area contributed by atoms with Gasteiger partial charge in [-0.05, 0) is 69.7 Å². The number of ether oxygens (including phenoxy) is 1. The van der Waals surface area contributed by atoms with E-state index < -0.39 is 6.10 Å². The number of rotatable bonds is 8. The molecule has 11 nitrogen and oxygen atoms in total. The molecule has 1 atom stereocenters. The summed E-state index contributed by atoms with van der Waals surface area (Å²) in [6.07, 6.45) is 2.17.